The van der Waals surface area contributed by atoms with Gasteiger partial charge >= 0.3 is 18.4 Å². The van der Waals surface area contributed by atoms with E-state index in [4.69, 9.17) is 9.47 Å². The Morgan fingerprint density at radius 3 is 1.81 bits per heavy atom. The van der Waals surface area contributed by atoms with Crippen molar-refractivity contribution in [1.29, 1.82) is 0 Å². The number of piperazine rings is 2. The Labute approximate surface area is 406 Å². The van der Waals surface area contributed by atoms with Gasteiger partial charge in [-0.1, -0.05) is 13.8 Å². The lowest BCUT2D eigenvalue weighted by atomic mass is 10.1. The van der Waals surface area contributed by atoms with Gasteiger partial charge in [-0.15, -0.1) is 5.10 Å². The molecule has 25 heteroatoms. The maximum absolute atomic E-state index is 13.7. The molecule has 370 valence electrons. The highest BCUT2D eigenvalue weighted by molar-refractivity contribution is 9.10. The first-order valence-corrected chi connectivity index (χ1v) is 23.6. The van der Waals surface area contributed by atoms with Crippen LogP contribution in [0, 0.1) is 0 Å². The lowest BCUT2D eigenvalue weighted by Crippen LogP contribution is -2.56. The van der Waals surface area contributed by atoms with Gasteiger partial charge < -0.3 is 39.0 Å². The number of hydrogen-bond donors (Lipinski definition) is 2. The van der Waals surface area contributed by atoms with Crippen LogP contribution in [-0.4, -0.2) is 129 Å². The number of aromatic amines is 1. The summed E-state index contributed by atoms with van der Waals surface area (Å²) in [6.45, 7) is 20.8. The summed E-state index contributed by atoms with van der Waals surface area (Å²) in [5, 5.41) is 9.63. The van der Waals surface area contributed by atoms with Gasteiger partial charge in [0.25, 0.3) is 16.9 Å². The largest absolute Gasteiger partial charge is 0.444 e. The van der Waals surface area contributed by atoms with Gasteiger partial charge in [0.15, 0.2) is 4.73 Å². The minimum atomic E-state index is -4.49. The third-order valence-electron chi connectivity index (χ3n) is 10.9. The number of aromatic nitrogens is 8. The Balaban J connectivity index is 0.000000244. The van der Waals surface area contributed by atoms with Gasteiger partial charge in [0, 0.05) is 57.0 Å². The van der Waals surface area contributed by atoms with E-state index < -0.39 is 40.5 Å². The molecule has 0 unspecified atom stereocenters. The van der Waals surface area contributed by atoms with Gasteiger partial charge in [0.1, 0.15) is 29.1 Å². The Hall–Kier alpha value is -5.72. The lowest BCUT2D eigenvalue weighted by Gasteiger charge is -2.41. The first kappa shape index (κ1) is 51.7. The summed E-state index contributed by atoms with van der Waals surface area (Å²) in [6.07, 6.45) is -4.28. The van der Waals surface area contributed by atoms with Crippen LogP contribution in [0.15, 0.2) is 43.3 Å². The Kier molecular flexibility index (Phi) is 15.3. The fourth-order valence-electron chi connectivity index (χ4n) is 7.99. The molecule has 0 saturated carbocycles. The molecule has 2 fully saturated rings. The zero-order valence-electron chi connectivity index (χ0n) is 39.5. The molecule has 68 heavy (non-hydrogen) atoms. The second-order valence-electron chi connectivity index (χ2n) is 18.4. The molecular formula is C43H56Br2F3N13O7. The quantitative estimate of drug-likeness (QED) is 0.178. The van der Waals surface area contributed by atoms with Crippen molar-refractivity contribution in [2.75, 3.05) is 54.4 Å². The number of ether oxygens (including phenoxy) is 2. The summed E-state index contributed by atoms with van der Waals surface area (Å²) in [7, 11) is 0. The highest BCUT2D eigenvalue weighted by Gasteiger charge is 2.36. The molecule has 7 rings (SSSR count). The first-order valence-electron chi connectivity index (χ1n) is 22.0. The number of nitrogens with zero attached hydrogens (tertiary/aromatic N) is 11. The Morgan fingerprint density at radius 2 is 1.32 bits per heavy atom. The molecule has 2 N–H and O–H groups in total. The van der Waals surface area contributed by atoms with Gasteiger partial charge in [0.05, 0.1) is 17.0 Å². The highest BCUT2D eigenvalue weighted by atomic mass is 79.9. The van der Waals surface area contributed by atoms with E-state index in [0.29, 0.717) is 85.4 Å². The molecule has 0 aliphatic carbocycles. The van der Waals surface area contributed by atoms with Gasteiger partial charge in [-0.2, -0.15) is 32.2 Å². The number of nitrogens with one attached hydrogen (secondary N) is 2. The van der Waals surface area contributed by atoms with Crippen molar-refractivity contribution < 1.29 is 37.0 Å². The molecule has 0 bridgehead atoms. The smallest absolute Gasteiger partial charge is 0.416 e. The van der Waals surface area contributed by atoms with Crippen molar-refractivity contribution in [2.24, 2.45) is 0 Å². The number of fused-ring (bicyclic) bond motifs is 2. The van der Waals surface area contributed by atoms with E-state index in [0.717, 1.165) is 16.6 Å². The summed E-state index contributed by atoms with van der Waals surface area (Å²) in [6, 6.07) is 3.75. The van der Waals surface area contributed by atoms with Crippen molar-refractivity contribution in [3.8, 4) is 0 Å². The third kappa shape index (κ3) is 11.7. The number of hydrogen-bond acceptors (Lipinski definition) is 13. The van der Waals surface area contributed by atoms with Crippen LogP contribution in [0.5, 0.6) is 0 Å². The van der Waals surface area contributed by atoms with Crippen molar-refractivity contribution in [1.82, 2.24) is 48.5 Å². The third-order valence-corrected chi connectivity index (χ3v) is 11.6. The van der Waals surface area contributed by atoms with E-state index in [1.165, 1.54) is 16.6 Å². The van der Waals surface area contributed by atoms with Crippen LogP contribution in [0.1, 0.15) is 86.2 Å². The topological polar surface area (TPSA) is 210 Å². The number of aryl methyl sites for hydroxylation is 1. The average molecular weight is 1080 g/mol. The van der Waals surface area contributed by atoms with E-state index in [1.54, 1.807) is 35.1 Å². The molecule has 2 aliphatic rings. The van der Waals surface area contributed by atoms with E-state index in [2.05, 4.69) is 62.3 Å². The molecular weight excluding hydrogens is 1030 g/mol. The molecule has 6 heterocycles. The van der Waals surface area contributed by atoms with Gasteiger partial charge in [-0.25, -0.2) is 14.6 Å². The molecule has 2 atom stereocenters. The predicted octanol–water partition coefficient (Wildman–Crippen LogP) is 6.51. The van der Waals surface area contributed by atoms with E-state index >= 15 is 0 Å². The van der Waals surface area contributed by atoms with E-state index in [9.17, 15) is 37.1 Å². The fourth-order valence-corrected chi connectivity index (χ4v) is 8.64. The van der Waals surface area contributed by atoms with Crippen LogP contribution >= 0.6 is 31.9 Å². The monoisotopic (exact) mass is 1080 g/mol. The van der Waals surface area contributed by atoms with Gasteiger partial charge in [0.2, 0.25) is 16.4 Å². The van der Waals surface area contributed by atoms with Crippen LogP contribution in [0.4, 0.5) is 39.8 Å². The van der Waals surface area contributed by atoms with E-state index in [-0.39, 0.29) is 46.5 Å². The maximum atomic E-state index is 13.7. The molecule has 20 nitrogen and oxygen atoms in total. The maximum Gasteiger partial charge on any atom is 0.416 e. The standard InChI is InChI=1S/C26H31BrF3N7O4.C17H25BrN6O3/c1-6-18-20(34-11-12-35(15(2)13-34)24(40)41-25(3,4)5)21(39)37-23(32-22(27)33-37)36(18)14-19(38)31-17-9-7-16(8-10-17)26(28,29)30;1-6-11-12(13(25)24-15(19-11)20-14(18)21-24)22-7-8-23(10(2)9-22)16(26)27-17(3,4)5/h7-10,15H,6,11-14H2,1-5H3,(H,31,38);10H,6-9H2,1-5H3,(H,19,20,21)/t15-;10-/m11/s1. The number of benzene rings is 1. The van der Waals surface area contributed by atoms with Crippen molar-refractivity contribution in [3.63, 3.8) is 0 Å². The van der Waals surface area contributed by atoms with Crippen molar-refractivity contribution in [2.45, 2.75) is 118 Å². The van der Waals surface area contributed by atoms with Crippen LogP contribution < -0.4 is 26.2 Å². The van der Waals surface area contributed by atoms with Crippen LogP contribution in [0.25, 0.3) is 11.6 Å². The zero-order valence-corrected chi connectivity index (χ0v) is 42.7. The molecule has 1 aromatic carbocycles. The van der Waals surface area contributed by atoms with E-state index in [1.807, 2.05) is 58.3 Å². The second-order valence-corrected chi connectivity index (χ2v) is 19.9. The summed E-state index contributed by atoms with van der Waals surface area (Å²) in [5.74, 6) is -0.0587. The zero-order chi connectivity index (χ0) is 50.2. The number of H-pyrrole nitrogens is 1. The molecule has 0 spiro atoms. The second kappa shape index (κ2) is 20.1. The Morgan fingerprint density at radius 1 is 0.779 bits per heavy atom. The number of alkyl halides is 3. The highest BCUT2D eigenvalue weighted by Crippen LogP contribution is 2.30. The fraction of sp³-hybridized carbons (Fsp3) is 0.558. The molecule has 2 saturated heterocycles. The normalized spacial score (nSPS) is 17.0. The first-order chi connectivity index (χ1) is 31.7. The number of anilines is 3. The lowest BCUT2D eigenvalue weighted by molar-refractivity contribution is -0.137. The molecule has 3 amide bonds. The molecule has 0 radical (unpaired) electrons. The molecule has 4 aromatic heterocycles. The SMILES string of the molecule is CCc1c(N2CCN(C(=O)OC(C)(C)C)[C@H](C)C2)c(=O)n2nc(Br)nc2n1CC(=O)Nc1ccc(C(F)(F)F)cc1.CCc1nc2nc(Br)[nH]n2c(=O)c1N1CCN(C(=O)OC(C)(C)C)[C@H](C)C1. The van der Waals surface area contributed by atoms with Gasteiger partial charge in [-0.05, 0) is 124 Å². The van der Waals surface area contributed by atoms with Crippen molar-refractivity contribution >= 4 is 78.6 Å². The summed E-state index contributed by atoms with van der Waals surface area (Å²) >= 11 is 6.45. The van der Waals surface area contributed by atoms with Crippen molar-refractivity contribution in [3.05, 3.63) is 71.4 Å². The average Bonchev–Trinajstić information content (AvgIpc) is 3.82. The minimum absolute atomic E-state index is 0.0908. The van der Waals surface area contributed by atoms with Crippen LogP contribution in [-0.2, 0) is 39.8 Å². The summed E-state index contributed by atoms with van der Waals surface area (Å²) in [5.41, 5.74) is -0.315. The van der Waals surface area contributed by atoms with Crippen LogP contribution in [0.2, 0.25) is 0 Å². The number of halogens is 5. The number of carbonyl (C=O) groups is 3. The number of carbonyl (C=O) groups excluding carboxylic acids is 3. The van der Waals surface area contributed by atoms with Crippen LogP contribution in [0.3, 0.4) is 0 Å². The van der Waals surface area contributed by atoms with Gasteiger partial charge in [-0.3, -0.25) is 19.5 Å². The summed E-state index contributed by atoms with van der Waals surface area (Å²) in [4.78, 5) is 85.1. The molecule has 2 aliphatic heterocycles. The predicted molar refractivity (Wildman–Crippen MR) is 254 cm³/mol. The molecule has 5 aromatic rings. The Bertz CT molecular complexity index is 2800. The number of amides is 3. The summed E-state index contributed by atoms with van der Waals surface area (Å²) < 4.78 is 54.4. The number of rotatable bonds is 7. The minimum Gasteiger partial charge on any atom is -0.444 e.